The summed E-state index contributed by atoms with van der Waals surface area (Å²) in [6.07, 6.45) is 7.42. The van der Waals surface area contributed by atoms with E-state index in [1.807, 2.05) is 63.2 Å². The zero-order valence-electron chi connectivity index (χ0n) is 24.9. The highest BCUT2D eigenvalue weighted by Crippen LogP contribution is 2.32. The van der Waals surface area contributed by atoms with Gasteiger partial charge >= 0.3 is 0 Å². The van der Waals surface area contributed by atoms with E-state index in [-0.39, 0.29) is 36.6 Å². The van der Waals surface area contributed by atoms with Crippen LogP contribution in [0.2, 0.25) is 0 Å². The lowest BCUT2D eigenvalue weighted by Crippen LogP contribution is -2.47. The van der Waals surface area contributed by atoms with E-state index in [0.29, 0.717) is 35.8 Å². The number of nitrogens with one attached hydrogen (secondary N) is 2. The second-order valence-corrected chi connectivity index (χ2v) is 11.0. The summed E-state index contributed by atoms with van der Waals surface area (Å²) < 4.78 is 5.64. The first-order chi connectivity index (χ1) is 20.3. The van der Waals surface area contributed by atoms with Crippen molar-refractivity contribution in [3.63, 3.8) is 0 Å². The van der Waals surface area contributed by atoms with Crippen molar-refractivity contribution in [1.29, 1.82) is 0 Å². The van der Waals surface area contributed by atoms with E-state index in [2.05, 4.69) is 15.6 Å². The summed E-state index contributed by atoms with van der Waals surface area (Å²) in [7, 11) is 0. The zero-order chi connectivity index (χ0) is 29.9. The van der Waals surface area contributed by atoms with Crippen LogP contribution in [0.15, 0.2) is 66.9 Å². The Morgan fingerprint density at radius 1 is 0.952 bits per heavy atom. The van der Waals surface area contributed by atoms with Crippen molar-refractivity contribution in [2.24, 2.45) is 0 Å². The van der Waals surface area contributed by atoms with Crippen LogP contribution in [-0.2, 0) is 14.4 Å². The predicted molar refractivity (Wildman–Crippen MR) is 165 cm³/mol. The molecule has 0 aliphatic heterocycles. The van der Waals surface area contributed by atoms with Gasteiger partial charge in [-0.25, -0.2) is 4.98 Å². The van der Waals surface area contributed by atoms with Crippen LogP contribution in [0, 0.1) is 13.8 Å². The lowest BCUT2D eigenvalue weighted by Gasteiger charge is -2.34. The maximum Gasteiger partial charge on any atom is 0.248 e. The van der Waals surface area contributed by atoms with Crippen LogP contribution in [-0.4, -0.2) is 35.4 Å². The van der Waals surface area contributed by atoms with Crippen LogP contribution >= 0.6 is 0 Å². The second kappa shape index (κ2) is 15.1. The van der Waals surface area contributed by atoms with Crippen molar-refractivity contribution < 1.29 is 19.1 Å². The van der Waals surface area contributed by atoms with Gasteiger partial charge in [-0.15, -0.1) is 0 Å². The molecule has 1 fully saturated rings. The van der Waals surface area contributed by atoms with Gasteiger partial charge in [-0.05, 0) is 93.1 Å². The van der Waals surface area contributed by atoms with Crippen LogP contribution in [0.25, 0.3) is 0 Å². The molecule has 1 aliphatic carbocycles. The number of hydrogen-bond donors (Lipinski definition) is 2. The number of rotatable bonds is 12. The molecule has 0 radical (unpaired) electrons. The first-order valence-corrected chi connectivity index (χ1v) is 15.0. The number of carbonyl (C=O) groups excluding carboxylic acids is 3. The average molecular weight is 571 g/mol. The molecule has 3 aromatic rings. The molecule has 2 N–H and O–H groups in total. The van der Waals surface area contributed by atoms with Gasteiger partial charge in [0, 0.05) is 30.8 Å². The highest BCUT2D eigenvalue weighted by Gasteiger charge is 2.34. The molecule has 0 saturated heterocycles. The highest BCUT2D eigenvalue weighted by atomic mass is 16.5. The number of hydrogen-bond acceptors (Lipinski definition) is 5. The minimum Gasteiger partial charge on any atom is -0.494 e. The predicted octanol–water partition coefficient (Wildman–Crippen LogP) is 6.43. The van der Waals surface area contributed by atoms with Gasteiger partial charge in [0.05, 0.1) is 6.61 Å². The normalized spacial score (nSPS) is 14.1. The fourth-order valence-corrected chi connectivity index (χ4v) is 5.55. The van der Waals surface area contributed by atoms with Crippen molar-refractivity contribution in [2.75, 3.05) is 16.8 Å². The van der Waals surface area contributed by atoms with E-state index in [1.54, 1.807) is 29.3 Å². The Bertz CT molecular complexity index is 1320. The van der Waals surface area contributed by atoms with Gasteiger partial charge in [-0.3, -0.25) is 19.3 Å². The molecule has 1 aliphatic rings. The van der Waals surface area contributed by atoms with Crippen molar-refractivity contribution in [2.45, 2.75) is 84.2 Å². The molecule has 1 saturated carbocycles. The lowest BCUT2D eigenvalue weighted by molar-refractivity contribution is -0.127. The Hall–Kier alpha value is -4.20. The SMILES string of the molecule is CCOc1ccc([C@H](C(=O)NC2CCCCC2)N(C(=O)CCCC(=O)Nc2ccccn2)c2cc(C)cc(C)c2)cc1. The molecular weight excluding hydrogens is 528 g/mol. The molecule has 4 rings (SSSR count). The van der Waals surface area contributed by atoms with E-state index in [0.717, 1.165) is 36.8 Å². The minimum atomic E-state index is -0.876. The molecule has 42 heavy (non-hydrogen) atoms. The van der Waals surface area contributed by atoms with Crippen LogP contribution in [0.3, 0.4) is 0 Å². The van der Waals surface area contributed by atoms with Gasteiger partial charge in [-0.2, -0.15) is 0 Å². The maximum absolute atomic E-state index is 14.1. The van der Waals surface area contributed by atoms with E-state index < -0.39 is 6.04 Å². The lowest BCUT2D eigenvalue weighted by atomic mass is 9.94. The van der Waals surface area contributed by atoms with Crippen LogP contribution < -0.4 is 20.3 Å². The number of amides is 3. The number of pyridine rings is 1. The topological polar surface area (TPSA) is 101 Å². The van der Waals surface area contributed by atoms with Gasteiger partial charge in [0.1, 0.15) is 17.6 Å². The van der Waals surface area contributed by atoms with Gasteiger partial charge < -0.3 is 15.4 Å². The van der Waals surface area contributed by atoms with Gasteiger partial charge in [0.15, 0.2) is 0 Å². The fourth-order valence-electron chi connectivity index (χ4n) is 5.55. The molecule has 3 amide bonds. The average Bonchev–Trinajstić information content (AvgIpc) is 2.97. The summed E-state index contributed by atoms with van der Waals surface area (Å²) in [6.45, 7) is 6.42. The van der Waals surface area contributed by atoms with Gasteiger partial charge in [0.25, 0.3) is 0 Å². The summed E-state index contributed by atoms with van der Waals surface area (Å²) in [5, 5.41) is 6.03. The third-order valence-corrected chi connectivity index (χ3v) is 7.45. The Balaban J connectivity index is 1.62. The number of carbonyl (C=O) groups is 3. The van der Waals surface area contributed by atoms with E-state index in [1.165, 1.54) is 6.42 Å². The molecule has 8 nitrogen and oxygen atoms in total. The van der Waals surface area contributed by atoms with Gasteiger partial charge in [-0.1, -0.05) is 43.5 Å². The summed E-state index contributed by atoms with van der Waals surface area (Å²) >= 11 is 0. The number of aromatic nitrogens is 1. The monoisotopic (exact) mass is 570 g/mol. The van der Waals surface area contributed by atoms with Crippen LogP contribution in [0.5, 0.6) is 5.75 Å². The Morgan fingerprint density at radius 2 is 1.67 bits per heavy atom. The quantitative estimate of drug-likeness (QED) is 0.261. The van der Waals surface area contributed by atoms with E-state index >= 15 is 0 Å². The third-order valence-electron chi connectivity index (χ3n) is 7.45. The molecule has 0 spiro atoms. The fraction of sp³-hybridized carbons (Fsp3) is 0.412. The first kappa shape index (κ1) is 30.8. The molecule has 0 bridgehead atoms. The molecule has 222 valence electrons. The van der Waals surface area contributed by atoms with Crippen molar-refractivity contribution >= 4 is 29.2 Å². The molecule has 1 atom stereocenters. The van der Waals surface area contributed by atoms with Crippen molar-refractivity contribution in [3.05, 3.63) is 83.6 Å². The number of benzene rings is 2. The van der Waals surface area contributed by atoms with Crippen LogP contribution in [0.4, 0.5) is 11.5 Å². The molecule has 1 heterocycles. The summed E-state index contributed by atoms with van der Waals surface area (Å²) in [4.78, 5) is 46.4. The number of nitrogens with zero attached hydrogens (tertiary/aromatic N) is 2. The summed E-state index contributed by atoms with van der Waals surface area (Å²) in [6, 6.07) is 17.8. The summed E-state index contributed by atoms with van der Waals surface area (Å²) in [5.74, 6) is 0.545. The number of anilines is 2. The third kappa shape index (κ3) is 8.65. The Morgan fingerprint density at radius 3 is 2.31 bits per heavy atom. The Labute approximate surface area is 248 Å². The number of aryl methyl sites for hydroxylation is 2. The molecule has 0 unspecified atom stereocenters. The zero-order valence-corrected chi connectivity index (χ0v) is 24.9. The van der Waals surface area contributed by atoms with Gasteiger partial charge in [0.2, 0.25) is 17.7 Å². The maximum atomic E-state index is 14.1. The van der Waals surface area contributed by atoms with E-state index in [4.69, 9.17) is 4.74 Å². The van der Waals surface area contributed by atoms with Crippen LogP contribution in [0.1, 0.15) is 81.0 Å². The minimum absolute atomic E-state index is 0.0861. The second-order valence-electron chi connectivity index (χ2n) is 11.0. The largest absolute Gasteiger partial charge is 0.494 e. The molecule has 8 heteroatoms. The highest BCUT2D eigenvalue weighted by molar-refractivity contribution is 6.01. The van der Waals surface area contributed by atoms with E-state index in [9.17, 15) is 14.4 Å². The molecule has 2 aromatic carbocycles. The van der Waals surface area contributed by atoms with Crippen molar-refractivity contribution in [1.82, 2.24) is 10.3 Å². The summed E-state index contributed by atoms with van der Waals surface area (Å²) in [5.41, 5.74) is 3.35. The molecular formula is C34H42N4O4. The molecule has 1 aromatic heterocycles. The Kier molecular flexibility index (Phi) is 11.1. The first-order valence-electron chi connectivity index (χ1n) is 15.0. The number of ether oxygens (including phenoxy) is 1. The smallest absolute Gasteiger partial charge is 0.248 e. The standard InChI is InChI=1S/C34H42N4O4/c1-4-42-29-18-16-26(17-19-29)33(34(41)36-27-11-6-5-7-12-27)38(28-22-24(2)21-25(3)23-28)32(40)15-10-14-31(39)37-30-13-8-9-20-35-30/h8-9,13,16-23,27,33H,4-7,10-12,14-15H2,1-3H3,(H,36,41)(H,35,37,39)/t33-/m1/s1. The van der Waals surface area contributed by atoms with Crippen molar-refractivity contribution in [3.8, 4) is 5.75 Å².